The standard InChI is InChI=1S/C16H27N3O/c1-12(7-10-15-6-5-11-18(15)3)17-16(20)19(4)13(2)14-8-9-14/h5-6,11-14H,7-10H2,1-4H3,(H,17,20)/t12-,13-/m0/s1. The predicted molar refractivity (Wildman–Crippen MR) is 81.7 cm³/mol. The van der Waals surface area contributed by atoms with Crippen LogP contribution in [0.25, 0.3) is 0 Å². The minimum absolute atomic E-state index is 0.0591. The lowest BCUT2D eigenvalue weighted by Gasteiger charge is -2.27. The Hall–Kier alpha value is -1.45. The zero-order valence-corrected chi connectivity index (χ0v) is 13.1. The third kappa shape index (κ3) is 3.78. The molecule has 1 saturated carbocycles. The van der Waals surface area contributed by atoms with Gasteiger partial charge in [-0.25, -0.2) is 4.79 Å². The summed E-state index contributed by atoms with van der Waals surface area (Å²) < 4.78 is 2.13. The highest BCUT2D eigenvalue weighted by atomic mass is 16.2. The van der Waals surface area contributed by atoms with E-state index in [0.717, 1.165) is 12.8 Å². The van der Waals surface area contributed by atoms with Gasteiger partial charge in [0.2, 0.25) is 0 Å². The molecule has 0 bridgehead atoms. The van der Waals surface area contributed by atoms with Crippen LogP contribution >= 0.6 is 0 Å². The molecule has 1 fully saturated rings. The Bertz CT molecular complexity index is 450. The summed E-state index contributed by atoms with van der Waals surface area (Å²) in [5, 5.41) is 3.10. The summed E-state index contributed by atoms with van der Waals surface area (Å²) in [7, 11) is 3.96. The lowest BCUT2D eigenvalue weighted by atomic mass is 10.1. The summed E-state index contributed by atoms with van der Waals surface area (Å²) in [6.07, 6.45) is 6.55. The zero-order valence-electron chi connectivity index (χ0n) is 13.1. The smallest absolute Gasteiger partial charge is 0.317 e. The number of amides is 2. The van der Waals surface area contributed by atoms with Gasteiger partial charge >= 0.3 is 6.03 Å². The van der Waals surface area contributed by atoms with Crippen LogP contribution in [0.3, 0.4) is 0 Å². The van der Waals surface area contributed by atoms with Crippen molar-refractivity contribution in [3.05, 3.63) is 24.0 Å². The molecule has 0 spiro atoms. The van der Waals surface area contributed by atoms with Crippen molar-refractivity contribution in [1.82, 2.24) is 14.8 Å². The molecule has 1 aromatic heterocycles. The van der Waals surface area contributed by atoms with Gasteiger partial charge in [-0.2, -0.15) is 0 Å². The van der Waals surface area contributed by atoms with E-state index in [1.165, 1.54) is 18.5 Å². The molecule has 0 saturated heterocycles. The highest BCUT2D eigenvalue weighted by molar-refractivity contribution is 5.74. The zero-order chi connectivity index (χ0) is 14.7. The normalized spacial score (nSPS) is 17.6. The van der Waals surface area contributed by atoms with Crippen LogP contribution in [-0.4, -0.2) is 34.6 Å². The van der Waals surface area contributed by atoms with Crippen molar-refractivity contribution in [3.8, 4) is 0 Å². The largest absolute Gasteiger partial charge is 0.354 e. The summed E-state index contributed by atoms with van der Waals surface area (Å²) in [6, 6.07) is 4.81. The van der Waals surface area contributed by atoms with Crippen LogP contribution in [0.1, 0.15) is 38.8 Å². The Morgan fingerprint density at radius 1 is 1.50 bits per heavy atom. The molecule has 0 aromatic carbocycles. The summed E-state index contributed by atoms with van der Waals surface area (Å²) in [5.74, 6) is 0.712. The van der Waals surface area contributed by atoms with Gasteiger partial charge in [0.1, 0.15) is 0 Å². The molecule has 1 aliphatic rings. The molecule has 0 unspecified atom stereocenters. The fourth-order valence-corrected chi connectivity index (χ4v) is 2.59. The molecule has 2 amide bonds. The monoisotopic (exact) mass is 277 g/mol. The maximum absolute atomic E-state index is 12.2. The van der Waals surface area contributed by atoms with Crippen molar-refractivity contribution in [2.45, 2.75) is 51.6 Å². The van der Waals surface area contributed by atoms with Crippen molar-refractivity contribution in [2.24, 2.45) is 13.0 Å². The first kappa shape index (κ1) is 14.9. The quantitative estimate of drug-likeness (QED) is 0.853. The number of carbonyl (C=O) groups is 1. The number of aryl methyl sites for hydroxylation is 2. The van der Waals surface area contributed by atoms with Gasteiger partial charge in [-0.15, -0.1) is 0 Å². The highest BCUT2D eigenvalue weighted by Gasteiger charge is 2.32. The minimum Gasteiger partial charge on any atom is -0.354 e. The Kier molecular flexibility index (Phi) is 4.73. The van der Waals surface area contributed by atoms with Gasteiger partial charge in [0.25, 0.3) is 0 Å². The Morgan fingerprint density at radius 2 is 2.20 bits per heavy atom. The number of rotatable bonds is 6. The van der Waals surface area contributed by atoms with E-state index >= 15 is 0 Å². The highest BCUT2D eigenvalue weighted by Crippen LogP contribution is 2.34. The van der Waals surface area contributed by atoms with Crippen molar-refractivity contribution < 1.29 is 4.79 Å². The fraction of sp³-hybridized carbons (Fsp3) is 0.688. The second-order valence-corrected chi connectivity index (χ2v) is 6.19. The van der Waals surface area contributed by atoms with E-state index in [4.69, 9.17) is 0 Å². The van der Waals surface area contributed by atoms with Gasteiger partial charge < -0.3 is 14.8 Å². The van der Waals surface area contributed by atoms with E-state index in [2.05, 4.69) is 49.1 Å². The topological polar surface area (TPSA) is 37.3 Å². The Balaban J connectivity index is 1.74. The first-order valence-electron chi connectivity index (χ1n) is 7.62. The van der Waals surface area contributed by atoms with Crippen molar-refractivity contribution in [3.63, 3.8) is 0 Å². The molecule has 1 aliphatic carbocycles. The van der Waals surface area contributed by atoms with E-state index in [1.807, 2.05) is 11.9 Å². The molecule has 2 atom stereocenters. The van der Waals surface area contributed by atoms with Gasteiger partial charge in [-0.05, 0) is 57.6 Å². The number of nitrogens with one attached hydrogen (secondary N) is 1. The molecular formula is C16H27N3O. The van der Waals surface area contributed by atoms with Gasteiger partial charge in [-0.3, -0.25) is 0 Å². The van der Waals surface area contributed by atoms with Crippen LogP contribution < -0.4 is 5.32 Å². The number of hydrogen-bond acceptors (Lipinski definition) is 1. The van der Waals surface area contributed by atoms with Crippen LogP contribution in [0, 0.1) is 5.92 Å². The number of hydrogen-bond donors (Lipinski definition) is 1. The van der Waals surface area contributed by atoms with Crippen LogP contribution in [0.15, 0.2) is 18.3 Å². The number of nitrogens with zero attached hydrogens (tertiary/aromatic N) is 2. The molecule has 4 heteroatoms. The minimum atomic E-state index is 0.0591. The Labute approximate surface area is 122 Å². The first-order chi connectivity index (χ1) is 9.49. The molecule has 0 radical (unpaired) electrons. The first-order valence-corrected chi connectivity index (χ1v) is 7.62. The van der Waals surface area contributed by atoms with Crippen LogP contribution in [0.5, 0.6) is 0 Å². The van der Waals surface area contributed by atoms with E-state index in [0.29, 0.717) is 12.0 Å². The second kappa shape index (κ2) is 6.33. The maximum atomic E-state index is 12.2. The average molecular weight is 277 g/mol. The molecule has 1 aromatic rings. The van der Waals surface area contributed by atoms with E-state index in [9.17, 15) is 4.79 Å². The van der Waals surface area contributed by atoms with Gasteiger partial charge in [-0.1, -0.05) is 0 Å². The summed E-state index contributed by atoms with van der Waals surface area (Å²) in [5.41, 5.74) is 1.31. The molecule has 1 N–H and O–H groups in total. The van der Waals surface area contributed by atoms with Gasteiger partial charge in [0, 0.05) is 38.1 Å². The van der Waals surface area contributed by atoms with Crippen LogP contribution in [0.2, 0.25) is 0 Å². The van der Waals surface area contributed by atoms with Crippen molar-refractivity contribution >= 4 is 6.03 Å². The van der Waals surface area contributed by atoms with Crippen LogP contribution in [0.4, 0.5) is 4.79 Å². The summed E-state index contributed by atoms with van der Waals surface area (Å²) >= 11 is 0. The number of aromatic nitrogens is 1. The third-order valence-corrected chi connectivity index (χ3v) is 4.49. The van der Waals surface area contributed by atoms with Crippen LogP contribution in [-0.2, 0) is 13.5 Å². The number of carbonyl (C=O) groups excluding carboxylic acids is 1. The van der Waals surface area contributed by atoms with Gasteiger partial charge in [0.05, 0.1) is 0 Å². The molecule has 20 heavy (non-hydrogen) atoms. The van der Waals surface area contributed by atoms with E-state index in [1.54, 1.807) is 0 Å². The van der Waals surface area contributed by atoms with Gasteiger partial charge in [0.15, 0.2) is 0 Å². The molecule has 112 valence electrons. The van der Waals surface area contributed by atoms with Crippen molar-refractivity contribution in [1.29, 1.82) is 0 Å². The van der Waals surface area contributed by atoms with E-state index < -0.39 is 0 Å². The molecular weight excluding hydrogens is 250 g/mol. The Morgan fingerprint density at radius 3 is 2.75 bits per heavy atom. The fourth-order valence-electron chi connectivity index (χ4n) is 2.59. The van der Waals surface area contributed by atoms with E-state index in [-0.39, 0.29) is 12.1 Å². The average Bonchev–Trinajstić information content (AvgIpc) is 3.18. The molecule has 1 heterocycles. The summed E-state index contributed by atoms with van der Waals surface area (Å²) in [6.45, 7) is 4.22. The third-order valence-electron chi connectivity index (χ3n) is 4.49. The molecule has 2 rings (SSSR count). The SMILES string of the molecule is C[C@@H](CCc1cccn1C)NC(=O)N(C)[C@@H](C)C1CC1. The summed E-state index contributed by atoms with van der Waals surface area (Å²) in [4.78, 5) is 14.0. The molecule has 4 nitrogen and oxygen atoms in total. The molecule has 0 aliphatic heterocycles. The predicted octanol–water partition coefficient (Wildman–Crippen LogP) is 2.79. The number of urea groups is 1. The second-order valence-electron chi connectivity index (χ2n) is 6.19. The van der Waals surface area contributed by atoms with Crippen molar-refractivity contribution in [2.75, 3.05) is 7.05 Å². The maximum Gasteiger partial charge on any atom is 0.317 e. The lowest BCUT2D eigenvalue weighted by molar-refractivity contribution is 0.184. The lowest BCUT2D eigenvalue weighted by Crippen LogP contribution is -2.46.